The minimum absolute atomic E-state index is 0.0384. The molecule has 0 radical (unpaired) electrons. The number of nitrogens with zero attached hydrogens (tertiary/aromatic N) is 1. The van der Waals surface area contributed by atoms with Crippen LogP contribution in [0.3, 0.4) is 0 Å². The van der Waals surface area contributed by atoms with Crippen LogP contribution in [0.15, 0.2) is 64.3 Å². The smallest absolute Gasteiger partial charge is 0.350 e. The van der Waals surface area contributed by atoms with E-state index in [0.29, 0.717) is 0 Å². The molecule has 0 aromatic carbocycles. The van der Waals surface area contributed by atoms with Gasteiger partial charge in [-0.3, -0.25) is 29.0 Å². The van der Waals surface area contributed by atoms with Crippen molar-refractivity contribution < 1.29 is 104 Å². The highest BCUT2D eigenvalue weighted by Gasteiger charge is 2.92. The molecule has 23 nitrogen and oxygen atoms in total. The maximum atomic E-state index is 15.3. The number of hydrogen-bond donors (Lipinski definition) is 1. The second-order valence-corrected chi connectivity index (χ2v) is 18.1. The highest BCUT2D eigenvalue weighted by molar-refractivity contribution is 5.93. The van der Waals surface area contributed by atoms with Crippen LogP contribution in [0.4, 0.5) is 0 Å². The molecule has 376 valence electrons. The van der Waals surface area contributed by atoms with Crippen LogP contribution in [0, 0.1) is 11.3 Å². The Hall–Kier alpha value is -7.14. The van der Waals surface area contributed by atoms with Gasteiger partial charge < -0.3 is 61.3 Å². The third kappa shape index (κ3) is 8.75. The van der Waals surface area contributed by atoms with Gasteiger partial charge in [-0.15, -0.1) is 0 Å². The normalized spacial score (nSPS) is 33.5. The Balaban J connectivity index is 1.61. The van der Waals surface area contributed by atoms with Crippen LogP contribution in [-0.2, 0) is 82.6 Å². The number of ether oxygens (including phenoxy) is 10. The molecule has 12 atom stereocenters. The number of pyridine rings is 1. The number of aryl methyl sites for hydroxylation is 1. The Kier molecular flexibility index (Phi) is 13.8. The molecule has 3 fully saturated rings. The molecule has 12 unspecified atom stereocenters. The van der Waals surface area contributed by atoms with Crippen molar-refractivity contribution in [3.8, 4) is 0 Å². The van der Waals surface area contributed by atoms with Crippen molar-refractivity contribution in [2.24, 2.45) is 11.3 Å². The number of carbonyl (C=O) groups excluding carboxylic acids is 9. The van der Waals surface area contributed by atoms with Crippen LogP contribution in [0.1, 0.15) is 105 Å². The van der Waals surface area contributed by atoms with Crippen LogP contribution in [0.25, 0.3) is 0 Å². The quantitative estimate of drug-likeness (QED) is 0.225. The van der Waals surface area contributed by atoms with Gasteiger partial charge in [0.2, 0.25) is 5.60 Å². The summed E-state index contributed by atoms with van der Waals surface area (Å²) in [5, 5.41) is 13.9. The van der Waals surface area contributed by atoms with Crippen molar-refractivity contribution in [3.63, 3.8) is 0 Å². The lowest BCUT2D eigenvalue weighted by atomic mass is 9.45. The third-order valence-electron chi connectivity index (χ3n) is 13.2. The van der Waals surface area contributed by atoms with Gasteiger partial charge in [0.05, 0.1) is 40.8 Å². The fourth-order valence-corrected chi connectivity index (χ4v) is 10.5. The number of hydrogen-bond acceptors (Lipinski definition) is 23. The first kappa shape index (κ1) is 50.7. The summed E-state index contributed by atoms with van der Waals surface area (Å²) in [7, 11) is 0. The van der Waals surface area contributed by atoms with Crippen molar-refractivity contribution in [2.45, 2.75) is 134 Å². The zero-order valence-corrected chi connectivity index (χ0v) is 39.2. The van der Waals surface area contributed by atoms with Gasteiger partial charge in [-0.05, 0) is 64.3 Å². The van der Waals surface area contributed by atoms with Crippen molar-refractivity contribution in [2.75, 3.05) is 13.2 Å². The lowest BCUT2D eigenvalue weighted by Gasteiger charge is -2.67. The number of furan rings is 2. The number of aliphatic hydroxyl groups is 1. The molecule has 2 aliphatic carbocycles. The largest absolute Gasteiger partial charge is 0.472 e. The van der Waals surface area contributed by atoms with E-state index < -0.39 is 137 Å². The second kappa shape index (κ2) is 19.0. The standard InChI is InChI=1S/C47H51NO22/c1-23(49)61-22-46-37(65-26(4)52)33(63-24(2)50)32-35(64-25(3)51)47(46)45(8,58)36(34(38(46)66-27(5)53)67-39(54)28-13-17-59-19-28)68-42(57)43(6,69-40(55)29-14-18-60-20-29)15-9-12-31-30(11-10-16-48-31)41(56)62-21-44(32,7)70-47/h10-11,13-14,16-20,32-38,58H,9,12,15,21-22H2,1-8H3. The van der Waals surface area contributed by atoms with Crippen molar-refractivity contribution >= 4 is 53.7 Å². The van der Waals surface area contributed by atoms with Gasteiger partial charge in [0, 0.05) is 40.8 Å². The molecule has 1 N–H and O–H groups in total. The summed E-state index contributed by atoms with van der Waals surface area (Å²) >= 11 is 0. The Morgan fingerprint density at radius 1 is 0.743 bits per heavy atom. The van der Waals surface area contributed by atoms with E-state index >= 15 is 4.79 Å². The van der Waals surface area contributed by atoms with E-state index in [9.17, 15) is 43.5 Å². The van der Waals surface area contributed by atoms with E-state index in [0.717, 1.165) is 60.3 Å². The maximum Gasteiger partial charge on any atom is 0.350 e. The highest BCUT2D eigenvalue weighted by atomic mass is 16.7. The molecule has 23 heteroatoms. The topological polar surface area (TPSA) is 305 Å². The molecule has 1 saturated heterocycles. The molecule has 7 rings (SSSR count). The van der Waals surface area contributed by atoms with Gasteiger partial charge in [-0.25, -0.2) is 19.2 Å². The molecule has 3 aromatic heterocycles. The number of cyclic esters (lactones) is 1. The monoisotopic (exact) mass is 981 g/mol. The van der Waals surface area contributed by atoms with E-state index in [2.05, 4.69) is 4.98 Å². The van der Waals surface area contributed by atoms with Gasteiger partial charge in [0.25, 0.3) is 0 Å². The van der Waals surface area contributed by atoms with Crippen LogP contribution < -0.4 is 0 Å². The van der Waals surface area contributed by atoms with Crippen LogP contribution in [0.2, 0.25) is 0 Å². The fraction of sp³-hybridized carbons (Fsp3) is 0.532. The number of esters is 9. The summed E-state index contributed by atoms with van der Waals surface area (Å²) in [6, 6.07) is 5.30. The Bertz CT molecular complexity index is 2550. The molecule has 2 saturated carbocycles. The molecule has 3 aromatic rings. The van der Waals surface area contributed by atoms with Gasteiger partial charge in [0.1, 0.15) is 54.6 Å². The summed E-state index contributed by atoms with van der Waals surface area (Å²) in [5.74, 6) is -11.9. The highest BCUT2D eigenvalue weighted by Crippen LogP contribution is 2.70. The SMILES string of the molecule is CC(=O)OCC12C(OC(C)=O)C(OC(C)=O)C3C(OC(C)=O)C14OC3(C)COC(=O)c1cccnc1CCCC(C)(OC(=O)c1ccoc1)C(=O)OC(C(OC(=O)c1ccoc1)C2OC(C)=O)C4(C)O. The Morgan fingerprint density at radius 3 is 1.90 bits per heavy atom. The maximum absolute atomic E-state index is 15.3. The minimum atomic E-state index is -3.08. The zero-order chi connectivity index (χ0) is 51.1. The summed E-state index contributed by atoms with van der Waals surface area (Å²) in [6.07, 6.45) is -7.96. The molecule has 2 aliphatic heterocycles. The fourth-order valence-electron chi connectivity index (χ4n) is 10.5. The second-order valence-electron chi connectivity index (χ2n) is 18.1. The van der Waals surface area contributed by atoms with E-state index in [1.54, 1.807) is 0 Å². The molecule has 0 amide bonds. The summed E-state index contributed by atoms with van der Waals surface area (Å²) in [4.78, 5) is 129. The van der Waals surface area contributed by atoms with Crippen molar-refractivity contribution in [1.82, 2.24) is 4.98 Å². The number of aromatic nitrogens is 1. The van der Waals surface area contributed by atoms with Gasteiger partial charge in [0.15, 0.2) is 30.0 Å². The molecule has 1 spiro atoms. The van der Waals surface area contributed by atoms with Crippen molar-refractivity contribution in [3.05, 3.63) is 77.9 Å². The Labute approximate surface area is 398 Å². The summed E-state index contributed by atoms with van der Waals surface area (Å²) < 4.78 is 71.6. The first-order valence-corrected chi connectivity index (χ1v) is 22.0. The molecular weight excluding hydrogens is 931 g/mol. The van der Waals surface area contributed by atoms with Crippen LogP contribution >= 0.6 is 0 Å². The van der Waals surface area contributed by atoms with Crippen LogP contribution in [0.5, 0.6) is 0 Å². The summed E-state index contributed by atoms with van der Waals surface area (Å²) in [6.45, 7) is 6.26. The number of fused-ring (bicyclic) bond motifs is 5. The summed E-state index contributed by atoms with van der Waals surface area (Å²) in [5.41, 5.74) is -13.7. The predicted molar refractivity (Wildman–Crippen MR) is 225 cm³/mol. The molecular formula is C47H51NO22. The number of rotatable bonds is 10. The van der Waals surface area contributed by atoms with E-state index in [1.165, 1.54) is 50.6 Å². The molecule has 70 heavy (non-hydrogen) atoms. The average Bonchev–Trinajstić information content (AvgIpc) is 4.06. The van der Waals surface area contributed by atoms with Gasteiger partial charge >= 0.3 is 53.7 Å². The van der Waals surface area contributed by atoms with Crippen LogP contribution in [-0.4, -0.2) is 136 Å². The third-order valence-corrected chi connectivity index (χ3v) is 13.2. The lowest BCUT2D eigenvalue weighted by molar-refractivity contribution is -0.386. The first-order chi connectivity index (χ1) is 32.9. The number of carbonyl (C=O) groups is 9. The van der Waals surface area contributed by atoms with Gasteiger partial charge in [-0.2, -0.15) is 0 Å². The van der Waals surface area contributed by atoms with E-state index in [1.807, 2.05) is 0 Å². The zero-order valence-electron chi connectivity index (χ0n) is 39.2. The molecule has 4 aliphatic rings. The first-order valence-electron chi connectivity index (χ1n) is 22.0. The van der Waals surface area contributed by atoms with Crippen molar-refractivity contribution in [1.29, 1.82) is 0 Å². The van der Waals surface area contributed by atoms with Gasteiger partial charge in [-0.1, -0.05) is 0 Å². The molecule has 5 heterocycles. The predicted octanol–water partition coefficient (Wildman–Crippen LogP) is 2.71. The Morgan fingerprint density at radius 2 is 1.33 bits per heavy atom. The lowest BCUT2D eigenvalue weighted by Crippen LogP contribution is -2.89. The van der Waals surface area contributed by atoms with E-state index in [-0.39, 0.29) is 41.6 Å². The average molecular weight is 982 g/mol. The minimum Gasteiger partial charge on any atom is -0.472 e. The van der Waals surface area contributed by atoms with E-state index in [4.69, 9.17) is 56.2 Å². The molecule has 4 bridgehead atoms.